The number of nitrogens with one attached hydrogen (secondary N) is 2. The van der Waals surface area contributed by atoms with Gasteiger partial charge in [-0.2, -0.15) is 0 Å². The van der Waals surface area contributed by atoms with Crippen LogP contribution >= 0.6 is 0 Å². The van der Waals surface area contributed by atoms with Gasteiger partial charge >= 0.3 is 0 Å². The summed E-state index contributed by atoms with van der Waals surface area (Å²) in [5.74, 6) is -0.0931. The Balaban J connectivity index is 2.97. The number of nitrogen functional groups attached to an aromatic ring is 1. The topological polar surface area (TPSA) is 114 Å². The summed E-state index contributed by atoms with van der Waals surface area (Å²) in [5.41, 5.74) is 11.8. The molecule has 1 aromatic carbocycles. The predicted molar refractivity (Wildman–Crippen MR) is 64.9 cm³/mol. The van der Waals surface area contributed by atoms with E-state index in [1.807, 2.05) is 0 Å². The number of ether oxygens (including phenoxy) is 1. The van der Waals surface area contributed by atoms with E-state index in [-0.39, 0.29) is 12.4 Å². The molecule has 0 unspecified atom stereocenters. The molecule has 1 aromatic rings. The van der Waals surface area contributed by atoms with Crippen LogP contribution in [0.25, 0.3) is 0 Å². The minimum Gasteiger partial charge on any atom is -0.483 e. The summed E-state index contributed by atoms with van der Waals surface area (Å²) in [7, 11) is 1.80. The van der Waals surface area contributed by atoms with Gasteiger partial charge in [0.1, 0.15) is 11.6 Å². The third-order valence-electron chi connectivity index (χ3n) is 2.12. The molecule has 6 heteroatoms. The SMILES string of the molecule is CNCc1ccc(C(=N)N)cc1OCC(N)=O. The Morgan fingerprint density at radius 1 is 1.47 bits per heavy atom. The van der Waals surface area contributed by atoms with Gasteiger partial charge in [0.25, 0.3) is 5.91 Å². The number of primary amides is 1. The maximum Gasteiger partial charge on any atom is 0.255 e. The third-order valence-corrected chi connectivity index (χ3v) is 2.12. The summed E-state index contributed by atoms with van der Waals surface area (Å²) in [6.07, 6.45) is 0. The van der Waals surface area contributed by atoms with Crippen molar-refractivity contribution in [2.75, 3.05) is 13.7 Å². The number of amidine groups is 1. The molecule has 0 heterocycles. The van der Waals surface area contributed by atoms with E-state index in [0.717, 1.165) is 5.56 Å². The summed E-state index contributed by atoms with van der Waals surface area (Å²) in [4.78, 5) is 10.7. The number of carbonyl (C=O) groups is 1. The lowest BCUT2D eigenvalue weighted by molar-refractivity contribution is -0.119. The molecule has 0 aliphatic carbocycles. The second-order valence-corrected chi connectivity index (χ2v) is 3.52. The molecule has 0 spiro atoms. The van der Waals surface area contributed by atoms with Crippen molar-refractivity contribution in [2.45, 2.75) is 6.54 Å². The van der Waals surface area contributed by atoms with Crippen LogP contribution in [-0.2, 0) is 11.3 Å². The maximum atomic E-state index is 10.7. The summed E-state index contributed by atoms with van der Waals surface area (Å²) in [6.45, 7) is 0.393. The average molecular weight is 236 g/mol. The van der Waals surface area contributed by atoms with Crippen LogP contribution in [0.15, 0.2) is 18.2 Å². The smallest absolute Gasteiger partial charge is 0.255 e. The van der Waals surface area contributed by atoms with Gasteiger partial charge in [0, 0.05) is 17.7 Å². The predicted octanol–water partition coefficient (Wildman–Crippen LogP) is -0.446. The Hall–Kier alpha value is -2.08. The van der Waals surface area contributed by atoms with Gasteiger partial charge in [-0.3, -0.25) is 10.2 Å². The van der Waals surface area contributed by atoms with E-state index in [2.05, 4.69) is 5.32 Å². The average Bonchev–Trinajstić information content (AvgIpc) is 2.27. The molecule has 92 valence electrons. The van der Waals surface area contributed by atoms with E-state index in [0.29, 0.717) is 17.9 Å². The van der Waals surface area contributed by atoms with Crippen LogP contribution < -0.4 is 21.5 Å². The molecule has 0 saturated carbocycles. The van der Waals surface area contributed by atoms with Crippen molar-refractivity contribution in [3.8, 4) is 5.75 Å². The quantitative estimate of drug-likeness (QED) is 0.395. The highest BCUT2D eigenvalue weighted by Gasteiger charge is 2.07. The number of nitrogens with two attached hydrogens (primary N) is 2. The molecule has 1 amide bonds. The molecule has 17 heavy (non-hydrogen) atoms. The van der Waals surface area contributed by atoms with Gasteiger partial charge in [-0.1, -0.05) is 12.1 Å². The molecular weight excluding hydrogens is 220 g/mol. The molecular formula is C11H16N4O2. The fourth-order valence-electron chi connectivity index (χ4n) is 1.34. The number of amides is 1. The van der Waals surface area contributed by atoms with Crippen LogP contribution in [0, 0.1) is 5.41 Å². The molecule has 0 aromatic heterocycles. The monoisotopic (exact) mass is 236 g/mol. The number of rotatable bonds is 6. The summed E-state index contributed by atoms with van der Waals surface area (Å²) in [6, 6.07) is 5.15. The fourth-order valence-corrected chi connectivity index (χ4v) is 1.34. The largest absolute Gasteiger partial charge is 0.483 e. The molecule has 0 atom stereocenters. The zero-order valence-electron chi connectivity index (χ0n) is 9.62. The molecule has 6 nitrogen and oxygen atoms in total. The maximum absolute atomic E-state index is 10.7. The van der Waals surface area contributed by atoms with Crippen LogP contribution in [0.3, 0.4) is 0 Å². The van der Waals surface area contributed by atoms with Gasteiger partial charge in [-0.05, 0) is 13.1 Å². The van der Waals surface area contributed by atoms with Crippen molar-refractivity contribution in [3.63, 3.8) is 0 Å². The van der Waals surface area contributed by atoms with E-state index in [1.165, 1.54) is 0 Å². The zero-order valence-corrected chi connectivity index (χ0v) is 9.62. The van der Waals surface area contributed by atoms with E-state index >= 15 is 0 Å². The zero-order chi connectivity index (χ0) is 12.8. The fraction of sp³-hybridized carbons (Fsp3) is 0.273. The van der Waals surface area contributed by atoms with E-state index in [9.17, 15) is 4.79 Å². The standard InChI is InChI=1S/C11H16N4O2/c1-15-5-8-3-2-7(11(13)14)4-9(8)17-6-10(12)16/h2-4,15H,5-6H2,1H3,(H2,12,16)(H3,13,14). The van der Waals surface area contributed by atoms with Crippen LogP contribution in [0.1, 0.15) is 11.1 Å². The van der Waals surface area contributed by atoms with E-state index in [1.54, 1.807) is 25.2 Å². The molecule has 1 rings (SSSR count). The second-order valence-electron chi connectivity index (χ2n) is 3.52. The Morgan fingerprint density at radius 2 is 2.18 bits per heavy atom. The normalized spacial score (nSPS) is 9.94. The van der Waals surface area contributed by atoms with Crippen molar-refractivity contribution < 1.29 is 9.53 Å². The second kappa shape index (κ2) is 5.86. The number of carbonyl (C=O) groups excluding carboxylic acids is 1. The number of benzene rings is 1. The number of hydrogen-bond acceptors (Lipinski definition) is 4. The molecule has 0 bridgehead atoms. The van der Waals surface area contributed by atoms with Gasteiger partial charge in [0.2, 0.25) is 0 Å². The summed E-state index contributed by atoms with van der Waals surface area (Å²) >= 11 is 0. The molecule has 0 aliphatic rings. The first kappa shape index (κ1) is 13.0. The Bertz CT molecular complexity index is 431. The van der Waals surface area contributed by atoms with Crippen molar-refractivity contribution >= 4 is 11.7 Å². The lowest BCUT2D eigenvalue weighted by Gasteiger charge is -2.11. The highest BCUT2D eigenvalue weighted by Crippen LogP contribution is 2.20. The molecule has 0 fully saturated rings. The van der Waals surface area contributed by atoms with E-state index < -0.39 is 5.91 Å². The highest BCUT2D eigenvalue weighted by atomic mass is 16.5. The minimum atomic E-state index is -0.548. The van der Waals surface area contributed by atoms with Gasteiger partial charge in [-0.25, -0.2) is 0 Å². The first-order chi connectivity index (χ1) is 8.04. The van der Waals surface area contributed by atoms with Crippen LogP contribution in [0.5, 0.6) is 5.75 Å². The van der Waals surface area contributed by atoms with Crippen LogP contribution in [0.4, 0.5) is 0 Å². The van der Waals surface area contributed by atoms with E-state index in [4.69, 9.17) is 21.6 Å². The van der Waals surface area contributed by atoms with Crippen molar-refractivity contribution in [3.05, 3.63) is 29.3 Å². The van der Waals surface area contributed by atoms with Crippen molar-refractivity contribution in [1.82, 2.24) is 5.32 Å². The lowest BCUT2D eigenvalue weighted by atomic mass is 10.1. The van der Waals surface area contributed by atoms with Gasteiger partial charge < -0.3 is 21.5 Å². The van der Waals surface area contributed by atoms with Gasteiger partial charge in [0.05, 0.1) is 0 Å². The Morgan fingerprint density at radius 3 is 2.71 bits per heavy atom. The summed E-state index contributed by atoms with van der Waals surface area (Å²) in [5, 5.41) is 10.3. The van der Waals surface area contributed by atoms with Gasteiger partial charge in [0.15, 0.2) is 6.61 Å². The first-order valence-corrected chi connectivity index (χ1v) is 5.07. The summed E-state index contributed by atoms with van der Waals surface area (Å²) < 4.78 is 5.28. The highest BCUT2D eigenvalue weighted by molar-refractivity contribution is 5.95. The van der Waals surface area contributed by atoms with Gasteiger partial charge in [-0.15, -0.1) is 0 Å². The molecule has 6 N–H and O–H groups in total. The molecule has 0 aliphatic heterocycles. The van der Waals surface area contributed by atoms with Crippen LogP contribution in [0.2, 0.25) is 0 Å². The van der Waals surface area contributed by atoms with Crippen molar-refractivity contribution in [2.24, 2.45) is 11.5 Å². The van der Waals surface area contributed by atoms with Crippen molar-refractivity contribution in [1.29, 1.82) is 5.41 Å². The molecule has 0 saturated heterocycles. The molecule has 0 radical (unpaired) electrons. The first-order valence-electron chi connectivity index (χ1n) is 5.07. The minimum absolute atomic E-state index is 0.0510. The Kier molecular flexibility index (Phi) is 4.47. The third kappa shape index (κ3) is 3.76. The lowest BCUT2D eigenvalue weighted by Crippen LogP contribution is -2.21. The Labute approximate surface area is 99.4 Å². The number of hydrogen-bond donors (Lipinski definition) is 4. The van der Waals surface area contributed by atoms with Crippen LogP contribution in [-0.4, -0.2) is 25.4 Å².